The molecule has 1 amide bonds. The highest BCUT2D eigenvalue weighted by Gasteiger charge is 2.26. The molecule has 6 heteroatoms. The summed E-state index contributed by atoms with van der Waals surface area (Å²) in [5, 5.41) is 3.01. The van der Waals surface area contributed by atoms with Gasteiger partial charge in [0.15, 0.2) is 0 Å². The van der Waals surface area contributed by atoms with Gasteiger partial charge >= 0.3 is 0 Å². The van der Waals surface area contributed by atoms with Crippen molar-refractivity contribution in [3.63, 3.8) is 0 Å². The van der Waals surface area contributed by atoms with Crippen LogP contribution < -0.4 is 10.2 Å². The minimum absolute atomic E-state index is 0.0145. The summed E-state index contributed by atoms with van der Waals surface area (Å²) in [4.78, 5) is 26.9. The summed E-state index contributed by atoms with van der Waals surface area (Å²) >= 11 is 0. The van der Waals surface area contributed by atoms with Gasteiger partial charge in [-0.1, -0.05) is 0 Å². The summed E-state index contributed by atoms with van der Waals surface area (Å²) in [6, 6.07) is 5.61. The Morgan fingerprint density at radius 1 is 1.23 bits per heavy atom. The summed E-state index contributed by atoms with van der Waals surface area (Å²) < 4.78 is 0. The third-order valence-electron chi connectivity index (χ3n) is 3.84. The van der Waals surface area contributed by atoms with Crippen molar-refractivity contribution < 1.29 is 4.79 Å². The highest BCUT2D eigenvalue weighted by atomic mass is 16.1. The van der Waals surface area contributed by atoms with Gasteiger partial charge in [0.1, 0.15) is 0 Å². The lowest BCUT2D eigenvalue weighted by Crippen LogP contribution is -2.43. The topological polar surface area (TPSA) is 71.0 Å². The first kappa shape index (κ1) is 14.4. The second-order valence-corrected chi connectivity index (χ2v) is 5.41. The fourth-order valence-corrected chi connectivity index (χ4v) is 2.66. The van der Waals surface area contributed by atoms with E-state index in [9.17, 15) is 4.79 Å². The normalized spacial score (nSPS) is 18.0. The first-order chi connectivity index (χ1) is 10.8. The maximum Gasteiger partial charge on any atom is 0.225 e. The zero-order valence-electron chi connectivity index (χ0n) is 12.4. The molecular weight excluding hydrogens is 278 g/mol. The molecule has 114 valence electrons. The standard InChI is InChI=1S/C16H19N5O/c22-15(20-11-13-4-8-17-9-5-13)14-3-1-10-21(12-14)16-18-6-2-7-19-16/h2,4-9,14H,1,3,10-12H2,(H,20,22). The van der Waals surface area contributed by atoms with Crippen molar-refractivity contribution in [1.82, 2.24) is 20.3 Å². The smallest absolute Gasteiger partial charge is 0.225 e. The minimum atomic E-state index is -0.0145. The van der Waals surface area contributed by atoms with Gasteiger partial charge in [-0.3, -0.25) is 9.78 Å². The van der Waals surface area contributed by atoms with E-state index in [1.807, 2.05) is 12.1 Å². The molecule has 2 aromatic rings. The molecule has 1 aliphatic rings. The summed E-state index contributed by atoms with van der Waals surface area (Å²) in [5.41, 5.74) is 1.06. The average molecular weight is 297 g/mol. The van der Waals surface area contributed by atoms with Gasteiger partial charge < -0.3 is 10.2 Å². The molecule has 0 aliphatic carbocycles. The number of nitrogens with zero attached hydrogens (tertiary/aromatic N) is 4. The van der Waals surface area contributed by atoms with Gasteiger partial charge in [0.25, 0.3) is 0 Å². The zero-order valence-corrected chi connectivity index (χ0v) is 12.4. The van der Waals surface area contributed by atoms with Gasteiger partial charge in [0.2, 0.25) is 11.9 Å². The third-order valence-corrected chi connectivity index (χ3v) is 3.84. The molecular formula is C16H19N5O. The van der Waals surface area contributed by atoms with Gasteiger partial charge in [-0.25, -0.2) is 9.97 Å². The number of aromatic nitrogens is 3. The molecule has 1 fully saturated rings. The lowest BCUT2D eigenvalue weighted by molar-refractivity contribution is -0.125. The summed E-state index contributed by atoms with van der Waals surface area (Å²) in [7, 11) is 0. The zero-order chi connectivity index (χ0) is 15.2. The van der Waals surface area contributed by atoms with Crippen molar-refractivity contribution in [3.05, 3.63) is 48.5 Å². The Bertz CT molecular complexity index is 604. The van der Waals surface area contributed by atoms with Gasteiger partial charge in [-0.2, -0.15) is 0 Å². The van der Waals surface area contributed by atoms with E-state index in [0.717, 1.165) is 24.9 Å². The maximum atomic E-state index is 12.4. The maximum absolute atomic E-state index is 12.4. The Labute approximate surface area is 129 Å². The van der Waals surface area contributed by atoms with E-state index < -0.39 is 0 Å². The SMILES string of the molecule is O=C(NCc1ccncc1)C1CCCN(c2ncccn2)C1. The largest absolute Gasteiger partial charge is 0.352 e. The van der Waals surface area contributed by atoms with Crippen LogP contribution in [0.4, 0.5) is 5.95 Å². The highest BCUT2D eigenvalue weighted by Crippen LogP contribution is 2.20. The van der Waals surface area contributed by atoms with Crippen LogP contribution in [0.25, 0.3) is 0 Å². The Balaban J connectivity index is 1.56. The highest BCUT2D eigenvalue weighted by molar-refractivity contribution is 5.79. The van der Waals surface area contributed by atoms with Gasteiger partial charge in [-0.05, 0) is 36.6 Å². The van der Waals surface area contributed by atoms with E-state index in [4.69, 9.17) is 0 Å². The quantitative estimate of drug-likeness (QED) is 0.924. The fourth-order valence-electron chi connectivity index (χ4n) is 2.66. The van der Waals surface area contributed by atoms with E-state index in [2.05, 4.69) is 25.2 Å². The van der Waals surface area contributed by atoms with Crippen molar-refractivity contribution in [2.75, 3.05) is 18.0 Å². The number of pyridine rings is 1. The van der Waals surface area contributed by atoms with Crippen LogP contribution in [0.15, 0.2) is 43.0 Å². The average Bonchev–Trinajstić information content (AvgIpc) is 2.61. The van der Waals surface area contributed by atoms with Gasteiger partial charge in [0.05, 0.1) is 5.92 Å². The monoisotopic (exact) mass is 297 g/mol. The number of hydrogen-bond donors (Lipinski definition) is 1. The van der Waals surface area contributed by atoms with Crippen LogP contribution >= 0.6 is 0 Å². The number of rotatable bonds is 4. The van der Waals surface area contributed by atoms with E-state index >= 15 is 0 Å². The number of amides is 1. The fraction of sp³-hybridized carbons (Fsp3) is 0.375. The molecule has 1 N–H and O–H groups in total. The third kappa shape index (κ3) is 3.58. The summed E-state index contributed by atoms with van der Waals surface area (Å²) in [6.45, 7) is 2.12. The van der Waals surface area contributed by atoms with Gasteiger partial charge in [0, 0.05) is 44.4 Å². The Morgan fingerprint density at radius 3 is 2.77 bits per heavy atom. The van der Waals surface area contributed by atoms with E-state index in [-0.39, 0.29) is 11.8 Å². The first-order valence-electron chi connectivity index (χ1n) is 7.51. The van der Waals surface area contributed by atoms with Crippen LogP contribution in [0.1, 0.15) is 18.4 Å². The second-order valence-electron chi connectivity index (χ2n) is 5.41. The van der Waals surface area contributed by atoms with Crippen molar-refractivity contribution in [1.29, 1.82) is 0 Å². The summed E-state index contributed by atoms with van der Waals surface area (Å²) in [6.07, 6.45) is 8.81. The number of carbonyl (C=O) groups is 1. The molecule has 1 saturated heterocycles. The first-order valence-corrected chi connectivity index (χ1v) is 7.51. The number of piperidine rings is 1. The lowest BCUT2D eigenvalue weighted by atomic mass is 9.97. The number of carbonyl (C=O) groups excluding carboxylic acids is 1. The molecule has 0 bridgehead atoms. The number of hydrogen-bond acceptors (Lipinski definition) is 5. The molecule has 1 atom stereocenters. The molecule has 0 radical (unpaired) electrons. The molecule has 0 spiro atoms. The molecule has 0 aromatic carbocycles. The number of anilines is 1. The molecule has 3 heterocycles. The predicted octanol–water partition coefficient (Wildman–Crippen LogP) is 1.40. The van der Waals surface area contributed by atoms with E-state index in [1.54, 1.807) is 30.9 Å². The molecule has 22 heavy (non-hydrogen) atoms. The summed E-state index contributed by atoms with van der Waals surface area (Å²) in [5.74, 6) is 0.783. The number of nitrogens with one attached hydrogen (secondary N) is 1. The van der Waals surface area contributed by atoms with Crippen LogP contribution in [-0.2, 0) is 11.3 Å². The molecule has 3 rings (SSSR count). The van der Waals surface area contributed by atoms with Crippen LogP contribution in [-0.4, -0.2) is 33.9 Å². The van der Waals surface area contributed by atoms with Crippen LogP contribution in [0.3, 0.4) is 0 Å². The van der Waals surface area contributed by atoms with E-state index in [0.29, 0.717) is 19.0 Å². The van der Waals surface area contributed by atoms with Crippen molar-refractivity contribution in [2.45, 2.75) is 19.4 Å². The van der Waals surface area contributed by atoms with Crippen molar-refractivity contribution >= 4 is 11.9 Å². The Kier molecular flexibility index (Phi) is 4.58. The van der Waals surface area contributed by atoms with Crippen molar-refractivity contribution in [2.24, 2.45) is 5.92 Å². The van der Waals surface area contributed by atoms with Crippen molar-refractivity contribution in [3.8, 4) is 0 Å². The molecule has 1 unspecified atom stereocenters. The molecule has 2 aromatic heterocycles. The van der Waals surface area contributed by atoms with Crippen LogP contribution in [0.2, 0.25) is 0 Å². The molecule has 0 saturated carbocycles. The van der Waals surface area contributed by atoms with Gasteiger partial charge in [-0.15, -0.1) is 0 Å². The van der Waals surface area contributed by atoms with Crippen LogP contribution in [0, 0.1) is 5.92 Å². The Hall–Kier alpha value is -2.50. The lowest BCUT2D eigenvalue weighted by Gasteiger charge is -2.31. The van der Waals surface area contributed by atoms with Crippen LogP contribution in [0.5, 0.6) is 0 Å². The Morgan fingerprint density at radius 2 is 2.00 bits per heavy atom. The minimum Gasteiger partial charge on any atom is -0.352 e. The van der Waals surface area contributed by atoms with E-state index in [1.165, 1.54) is 0 Å². The molecule has 1 aliphatic heterocycles. The second kappa shape index (κ2) is 6.98. The predicted molar refractivity (Wildman–Crippen MR) is 83.1 cm³/mol. The molecule has 6 nitrogen and oxygen atoms in total.